The zero-order chi connectivity index (χ0) is 15.2. The average Bonchev–Trinajstić information content (AvgIpc) is 3.02. The molecule has 1 amide bonds. The molecule has 0 radical (unpaired) electrons. The van der Waals surface area contributed by atoms with Crippen LogP contribution in [-0.2, 0) is 6.54 Å². The molecule has 0 spiro atoms. The summed E-state index contributed by atoms with van der Waals surface area (Å²) in [6, 6.07) is 7.48. The van der Waals surface area contributed by atoms with Crippen molar-refractivity contribution >= 4 is 17.2 Å². The molecule has 6 heteroatoms. The second kappa shape index (κ2) is 7.19. The Balaban J connectivity index is 1.96. The molecule has 3 N–H and O–H groups in total. The van der Waals surface area contributed by atoms with Crippen molar-refractivity contribution < 1.29 is 9.53 Å². The minimum atomic E-state index is -0.191. The second-order valence-corrected chi connectivity index (χ2v) is 5.51. The molecule has 5 nitrogen and oxygen atoms in total. The molecule has 112 valence electrons. The Hall–Kier alpha value is -1.92. The molecule has 0 fully saturated rings. The molecule has 21 heavy (non-hydrogen) atoms. The number of thiazole rings is 1. The predicted molar refractivity (Wildman–Crippen MR) is 83.5 cm³/mol. The molecule has 0 aliphatic rings. The summed E-state index contributed by atoms with van der Waals surface area (Å²) in [5, 5.41) is 5.38. The van der Waals surface area contributed by atoms with Crippen LogP contribution in [0, 0.1) is 0 Å². The highest BCUT2D eigenvalue weighted by atomic mass is 32.1. The maximum Gasteiger partial charge on any atom is 0.271 e. The maximum atomic E-state index is 12.1. The number of carbonyl (C=O) groups excluding carboxylic acids is 1. The van der Waals surface area contributed by atoms with E-state index in [0.29, 0.717) is 12.2 Å². The normalized spacial score (nSPS) is 12.0. The highest BCUT2D eigenvalue weighted by Crippen LogP contribution is 2.19. The number of nitrogens with two attached hydrogens (primary N) is 1. The van der Waals surface area contributed by atoms with Gasteiger partial charge in [-0.15, -0.1) is 11.3 Å². The summed E-state index contributed by atoms with van der Waals surface area (Å²) in [6.45, 7) is 2.43. The van der Waals surface area contributed by atoms with Crippen LogP contribution in [0.25, 0.3) is 0 Å². The Morgan fingerprint density at radius 3 is 3.05 bits per heavy atom. The molecule has 1 atom stereocenters. The van der Waals surface area contributed by atoms with Crippen molar-refractivity contribution in [1.29, 1.82) is 0 Å². The topological polar surface area (TPSA) is 77.2 Å². The first kappa shape index (κ1) is 15.5. The first-order chi connectivity index (χ1) is 10.1. The van der Waals surface area contributed by atoms with Crippen molar-refractivity contribution in [2.45, 2.75) is 25.9 Å². The van der Waals surface area contributed by atoms with Gasteiger partial charge in [-0.25, -0.2) is 4.98 Å². The smallest absolute Gasteiger partial charge is 0.271 e. The first-order valence-corrected chi connectivity index (χ1v) is 7.64. The molecule has 1 unspecified atom stereocenters. The number of carbonyl (C=O) groups is 1. The average molecular weight is 305 g/mol. The van der Waals surface area contributed by atoms with Crippen molar-refractivity contribution in [2.75, 3.05) is 7.11 Å². The fourth-order valence-corrected chi connectivity index (χ4v) is 2.68. The Labute approximate surface area is 128 Å². The van der Waals surface area contributed by atoms with Gasteiger partial charge in [-0.3, -0.25) is 4.79 Å². The van der Waals surface area contributed by atoms with E-state index in [1.54, 1.807) is 12.5 Å². The van der Waals surface area contributed by atoms with E-state index in [0.717, 1.165) is 22.7 Å². The molecular weight excluding hydrogens is 286 g/mol. The molecule has 1 aromatic heterocycles. The summed E-state index contributed by atoms with van der Waals surface area (Å²) in [6.07, 6.45) is 0.804. The predicted octanol–water partition coefficient (Wildman–Crippen LogP) is 2.49. The van der Waals surface area contributed by atoms with E-state index in [2.05, 4.69) is 10.3 Å². The van der Waals surface area contributed by atoms with E-state index in [1.807, 2.05) is 31.2 Å². The van der Waals surface area contributed by atoms with Crippen molar-refractivity contribution in [2.24, 2.45) is 5.73 Å². The van der Waals surface area contributed by atoms with E-state index in [4.69, 9.17) is 10.5 Å². The summed E-state index contributed by atoms with van der Waals surface area (Å²) in [5.41, 5.74) is 7.30. The lowest BCUT2D eigenvalue weighted by Gasteiger charge is -2.06. The van der Waals surface area contributed by atoms with Gasteiger partial charge in [0.2, 0.25) is 0 Å². The number of nitrogens with one attached hydrogen (secondary N) is 1. The molecule has 1 aromatic carbocycles. The van der Waals surface area contributed by atoms with E-state index in [-0.39, 0.29) is 11.9 Å². The zero-order valence-electron chi connectivity index (χ0n) is 12.1. The monoisotopic (exact) mass is 305 g/mol. The summed E-state index contributed by atoms with van der Waals surface area (Å²) in [7, 11) is 1.62. The minimum absolute atomic E-state index is 0.102. The van der Waals surface area contributed by atoms with Crippen molar-refractivity contribution in [3.63, 3.8) is 0 Å². The number of hydrogen-bond acceptors (Lipinski definition) is 5. The van der Waals surface area contributed by atoms with E-state index in [1.165, 1.54) is 11.3 Å². The number of nitrogens with zero attached hydrogens (tertiary/aromatic N) is 1. The quantitative estimate of drug-likeness (QED) is 0.859. The summed E-state index contributed by atoms with van der Waals surface area (Å²) in [4.78, 5) is 16.3. The van der Waals surface area contributed by atoms with Crippen LogP contribution < -0.4 is 15.8 Å². The number of amides is 1. The Bertz CT molecular complexity index is 612. The first-order valence-electron chi connectivity index (χ1n) is 6.76. The van der Waals surface area contributed by atoms with Gasteiger partial charge in [-0.05, 0) is 24.1 Å². The summed E-state index contributed by atoms with van der Waals surface area (Å²) < 4.78 is 5.15. The minimum Gasteiger partial charge on any atom is -0.497 e. The second-order valence-electron chi connectivity index (χ2n) is 4.62. The SMILES string of the molecule is CCC(N)c1nc(C(=O)NCc2cccc(OC)c2)cs1. The van der Waals surface area contributed by atoms with Crippen molar-refractivity contribution in [1.82, 2.24) is 10.3 Å². The lowest BCUT2D eigenvalue weighted by atomic mass is 10.2. The third-order valence-electron chi connectivity index (χ3n) is 3.10. The Kier molecular flexibility index (Phi) is 5.30. The molecule has 2 rings (SSSR count). The fourth-order valence-electron chi connectivity index (χ4n) is 1.79. The summed E-state index contributed by atoms with van der Waals surface area (Å²) in [5.74, 6) is 0.579. The third kappa shape index (κ3) is 4.03. The van der Waals surface area contributed by atoms with Crippen molar-refractivity contribution in [3.8, 4) is 5.75 Å². The van der Waals surface area contributed by atoms with Crippen LogP contribution in [0.3, 0.4) is 0 Å². The standard InChI is InChI=1S/C15H19N3O2S/c1-3-12(16)15-18-13(9-21-15)14(19)17-8-10-5-4-6-11(7-10)20-2/h4-7,9,12H,3,8,16H2,1-2H3,(H,17,19). The number of ether oxygens (including phenoxy) is 1. The van der Waals surface area contributed by atoms with Gasteiger partial charge < -0.3 is 15.8 Å². The molecule has 2 aromatic rings. The number of methoxy groups -OCH3 is 1. The lowest BCUT2D eigenvalue weighted by molar-refractivity contribution is 0.0946. The molecular formula is C15H19N3O2S. The van der Waals surface area contributed by atoms with Gasteiger partial charge in [-0.1, -0.05) is 19.1 Å². The third-order valence-corrected chi connectivity index (χ3v) is 4.08. The van der Waals surface area contributed by atoms with Gasteiger partial charge in [0, 0.05) is 11.9 Å². The Morgan fingerprint density at radius 2 is 2.33 bits per heavy atom. The van der Waals surface area contributed by atoms with Crippen LogP contribution in [0.4, 0.5) is 0 Å². The summed E-state index contributed by atoms with van der Waals surface area (Å²) >= 11 is 1.42. The van der Waals surface area contributed by atoms with E-state index >= 15 is 0 Å². The van der Waals surface area contributed by atoms with Crippen LogP contribution in [0.2, 0.25) is 0 Å². The largest absolute Gasteiger partial charge is 0.497 e. The number of aromatic nitrogens is 1. The molecule has 0 saturated carbocycles. The van der Waals surface area contributed by atoms with Crippen LogP contribution in [-0.4, -0.2) is 18.0 Å². The van der Waals surface area contributed by atoms with E-state index in [9.17, 15) is 4.79 Å². The van der Waals surface area contributed by atoms with Crippen LogP contribution in [0.1, 0.15) is 40.4 Å². The number of benzene rings is 1. The zero-order valence-corrected chi connectivity index (χ0v) is 12.9. The van der Waals surface area contributed by atoms with Gasteiger partial charge in [0.15, 0.2) is 0 Å². The fraction of sp³-hybridized carbons (Fsp3) is 0.333. The Morgan fingerprint density at radius 1 is 1.52 bits per heavy atom. The molecule has 1 heterocycles. The highest BCUT2D eigenvalue weighted by Gasteiger charge is 2.13. The molecule has 0 bridgehead atoms. The maximum absolute atomic E-state index is 12.1. The van der Waals surface area contributed by atoms with Gasteiger partial charge in [0.25, 0.3) is 5.91 Å². The molecule has 0 aliphatic carbocycles. The lowest BCUT2D eigenvalue weighted by Crippen LogP contribution is -2.23. The van der Waals surface area contributed by atoms with Crippen molar-refractivity contribution in [3.05, 3.63) is 45.9 Å². The van der Waals surface area contributed by atoms with Crippen LogP contribution in [0.15, 0.2) is 29.6 Å². The van der Waals surface area contributed by atoms with E-state index < -0.39 is 0 Å². The van der Waals surface area contributed by atoms with Gasteiger partial charge in [0.05, 0.1) is 13.2 Å². The number of hydrogen-bond donors (Lipinski definition) is 2. The van der Waals surface area contributed by atoms with Crippen LogP contribution in [0.5, 0.6) is 5.75 Å². The highest BCUT2D eigenvalue weighted by molar-refractivity contribution is 7.09. The van der Waals surface area contributed by atoms with Crippen LogP contribution >= 0.6 is 11.3 Å². The molecule has 0 aliphatic heterocycles. The van der Waals surface area contributed by atoms with Gasteiger partial charge >= 0.3 is 0 Å². The number of rotatable bonds is 6. The molecule has 0 saturated heterocycles. The van der Waals surface area contributed by atoms with Gasteiger partial charge in [-0.2, -0.15) is 0 Å². The van der Waals surface area contributed by atoms with Gasteiger partial charge in [0.1, 0.15) is 16.5 Å².